The first kappa shape index (κ1) is 17.0. The largest absolute Gasteiger partial charge is 0.339 e. The fourth-order valence-corrected chi connectivity index (χ4v) is 3.03. The number of fused-ring (bicyclic) bond motifs is 1. The SMILES string of the molecule is CNC(C)Cc1noc(CC2CCc3ccccc3C2)n1.Cl. The van der Waals surface area contributed by atoms with Gasteiger partial charge in [0.05, 0.1) is 0 Å². The lowest BCUT2D eigenvalue weighted by molar-refractivity contribution is 0.335. The van der Waals surface area contributed by atoms with Crippen LogP contribution in [0.15, 0.2) is 28.8 Å². The Morgan fingerprint density at radius 2 is 2.09 bits per heavy atom. The van der Waals surface area contributed by atoms with Gasteiger partial charge >= 0.3 is 0 Å². The molecule has 1 N–H and O–H groups in total. The van der Waals surface area contributed by atoms with Gasteiger partial charge in [-0.3, -0.25) is 0 Å². The maximum atomic E-state index is 5.41. The van der Waals surface area contributed by atoms with E-state index in [1.165, 1.54) is 24.0 Å². The topological polar surface area (TPSA) is 51.0 Å². The lowest BCUT2D eigenvalue weighted by Gasteiger charge is -2.23. The van der Waals surface area contributed by atoms with Gasteiger partial charge in [0, 0.05) is 18.9 Å². The van der Waals surface area contributed by atoms with E-state index in [-0.39, 0.29) is 12.4 Å². The van der Waals surface area contributed by atoms with Crippen LogP contribution >= 0.6 is 12.4 Å². The van der Waals surface area contributed by atoms with Crippen LogP contribution in [-0.2, 0) is 25.7 Å². The average Bonchev–Trinajstić information content (AvgIpc) is 2.94. The smallest absolute Gasteiger partial charge is 0.226 e. The molecule has 5 heteroatoms. The van der Waals surface area contributed by atoms with Gasteiger partial charge in [-0.05, 0) is 50.3 Å². The van der Waals surface area contributed by atoms with Gasteiger partial charge in [-0.1, -0.05) is 29.4 Å². The Morgan fingerprint density at radius 3 is 2.86 bits per heavy atom. The van der Waals surface area contributed by atoms with E-state index in [1.807, 2.05) is 7.05 Å². The first-order valence-electron chi connectivity index (χ1n) is 7.80. The highest BCUT2D eigenvalue weighted by Crippen LogP contribution is 2.27. The lowest BCUT2D eigenvalue weighted by atomic mass is 9.82. The van der Waals surface area contributed by atoms with Crippen molar-refractivity contribution in [3.63, 3.8) is 0 Å². The molecule has 0 bridgehead atoms. The number of likely N-dealkylation sites (N-methyl/N-ethyl adjacent to an activating group) is 1. The second kappa shape index (κ2) is 7.75. The Labute approximate surface area is 138 Å². The lowest BCUT2D eigenvalue weighted by Crippen LogP contribution is -2.24. The van der Waals surface area contributed by atoms with Crippen LogP contribution in [0.5, 0.6) is 0 Å². The predicted octanol–water partition coefficient (Wildman–Crippen LogP) is 2.99. The molecule has 1 heterocycles. The number of rotatable bonds is 5. The molecule has 120 valence electrons. The minimum atomic E-state index is 0. The van der Waals surface area contributed by atoms with Crippen molar-refractivity contribution in [2.24, 2.45) is 5.92 Å². The summed E-state index contributed by atoms with van der Waals surface area (Å²) in [5.74, 6) is 2.22. The van der Waals surface area contributed by atoms with Crippen LogP contribution in [0.25, 0.3) is 0 Å². The zero-order valence-corrected chi connectivity index (χ0v) is 14.0. The third-order valence-electron chi connectivity index (χ3n) is 4.40. The van der Waals surface area contributed by atoms with Gasteiger partial charge in [-0.15, -0.1) is 12.4 Å². The molecule has 4 nitrogen and oxygen atoms in total. The molecular formula is C17H24ClN3O. The van der Waals surface area contributed by atoms with Gasteiger partial charge in [0.2, 0.25) is 5.89 Å². The van der Waals surface area contributed by atoms with Gasteiger partial charge < -0.3 is 9.84 Å². The third-order valence-corrected chi connectivity index (χ3v) is 4.40. The van der Waals surface area contributed by atoms with Crippen molar-refractivity contribution in [1.29, 1.82) is 0 Å². The highest BCUT2D eigenvalue weighted by Gasteiger charge is 2.21. The third kappa shape index (κ3) is 4.08. The predicted molar refractivity (Wildman–Crippen MR) is 89.4 cm³/mol. The molecule has 0 saturated carbocycles. The van der Waals surface area contributed by atoms with Crippen LogP contribution in [0.4, 0.5) is 0 Å². The number of halogens is 1. The number of hydrogen-bond acceptors (Lipinski definition) is 4. The molecule has 0 aliphatic heterocycles. The maximum Gasteiger partial charge on any atom is 0.226 e. The van der Waals surface area contributed by atoms with E-state index in [4.69, 9.17) is 4.52 Å². The number of benzene rings is 1. The van der Waals surface area contributed by atoms with Crippen molar-refractivity contribution in [1.82, 2.24) is 15.5 Å². The fourth-order valence-electron chi connectivity index (χ4n) is 3.03. The van der Waals surface area contributed by atoms with Crippen LogP contribution in [0.2, 0.25) is 0 Å². The molecular weight excluding hydrogens is 298 g/mol. The van der Waals surface area contributed by atoms with Gasteiger partial charge in [-0.25, -0.2) is 0 Å². The van der Waals surface area contributed by atoms with E-state index in [2.05, 4.69) is 46.6 Å². The second-order valence-electron chi connectivity index (χ2n) is 6.08. The Balaban J connectivity index is 0.00000176. The summed E-state index contributed by atoms with van der Waals surface area (Å²) < 4.78 is 5.41. The average molecular weight is 322 g/mol. The summed E-state index contributed by atoms with van der Waals surface area (Å²) in [6, 6.07) is 9.12. The molecule has 1 aromatic carbocycles. The van der Waals surface area contributed by atoms with Crippen molar-refractivity contribution < 1.29 is 4.52 Å². The summed E-state index contributed by atoms with van der Waals surface area (Å²) in [5.41, 5.74) is 2.99. The summed E-state index contributed by atoms with van der Waals surface area (Å²) in [5, 5.41) is 7.28. The molecule has 0 fully saturated rings. The molecule has 1 aliphatic rings. The van der Waals surface area contributed by atoms with Crippen LogP contribution in [0, 0.1) is 5.92 Å². The van der Waals surface area contributed by atoms with Crippen LogP contribution in [0.1, 0.15) is 36.2 Å². The standard InChI is InChI=1S/C17H23N3O.ClH/c1-12(18-2)9-16-19-17(21-20-16)11-13-7-8-14-5-3-4-6-15(14)10-13;/h3-6,12-13,18H,7-11H2,1-2H3;1H. The van der Waals surface area contributed by atoms with Gasteiger partial charge in [0.15, 0.2) is 5.82 Å². The Kier molecular flexibility index (Phi) is 5.98. The van der Waals surface area contributed by atoms with Crippen molar-refractivity contribution in [3.8, 4) is 0 Å². The maximum absolute atomic E-state index is 5.41. The molecule has 1 aliphatic carbocycles. The minimum absolute atomic E-state index is 0. The molecule has 0 spiro atoms. The summed E-state index contributed by atoms with van der Waals surface area (Å²) in [4.78, 5) is 4.53. The Morgan fingerprint density at radius 1 is 1.32 bits per heavy atom. The monoisotopic (exact) mass is 321 g/mol. The van der Waals surface area contributed by atoms with Crippen LogP contribution in [-0.4, -0.2) is 23.2 Å². The molecule has 3 rings (SSSR count). The highest BCUT2D eigenvalue weighted by molar-refractivity contribution is 5.85. The Bertz CT molecular complexity index is 599. The van der Waals surface area contributed by atoms with Crippen molar-refractivity contribution in [3.05, 3.63) is 47.1 Å². The van der Waals surface area contributed by atoms with Crippen molar-refractivity contribution >= 4 is 12.4 Å². The molecule has 22 heavy (non-hydrogen) atoms. The zero-order valence-electron chi connectivity index (χ0n) is 13.2. The fraction of sp³-hybridized carbons (Fsp3) is 0.529. The van der Waals surface area contributed by atoms with E-state index in [9.17, 15) is 0 Å². The molecule has 0 saturated heterocycles. The summed E-state index contributed by atoms with van der Waals surface area (Å²) in [6.07, 6.45) is 5.21. The quantitative estimate of drug-likeness (QED) is 0.919. The van der Waals surface area contributed by atoms with E-state index in [1.54, 1.807) is 0 Å². The highest BCUT2D eigenvalue weighted by atomic mass is 35.5. The second-order valence-corrected chi connectivity index (χ2v) is 6.08. The van der Waals surface area contributed by atoms with E-state index >= 15 is 0 Å². The normalized spacial score (nSPS) is 18.4. The van der Waals surface area contributed by atoms with Crippen LogP contribution < -0.4 is 5.32 Å². The molecule has 1 aromatic heterocycles. The number of hydrogen-bond donors (Lipinski definition) is 1. The van der Waals surface area contributed by atoms with Gasteiger partial charge in [-0.2, -0.15) is 4.98 Å². The summed E-state index contributed by atoms with van der Waals surface area (Å²) in [6.45, 7) is 2.12. The van der Waals surface area contributed by atoms with Crippen molar-refractivity contribution in [2.75, 3.05) is 7.05 Å². The van der Waals surface area contributed by atoms with Crippen molar-refractivity contribution in [2.45, 2.75) is 45.1 Å². The van der Waals surface area contributed by atoms with Gasteiger partial charge in [0.25, 0.3) is 0 Å². The summed E-state index contributed by atoms with van der Waals surface area (Å²) >= 11 is 0. The Hall–Kier alpha value is -1.39. The molecule has 2 aromatic rings. The first-order chi connectivity index (χ1) is 10.2. The molecule has 2 unspecified atom stereocenters. The van der Waals surface area contributed by atoms with E-state index < -0.39 is 0 Å². The molecule has 0 radical (unpaired) electrons. The van der Waals surface area contributed by atoms with E-state index in [0.29, 0.717) is 12.0 Å². The molecule has 0 amide bonds. The minimum Gasteiger partial charge on any atom is -0.339 e. The number of aryl methyl sites for hydroxylation is 1. The zero-order chi connectivity index (χ0) is 14.7. The number of nitrogens with zero attached hydrogens (tertiary/aromatic N) is 2. The first-order valence-corrected chi connectivity index (χ1v) is 7.80. The molecule has 2 atom stereocenters. The number of nitrogens with one attached hydrogen (secondary N) is 1. The van der Waals surface area contributed by atoms with E-state index in [0.717, 1.165) is 31.0 Å². The number of aromatic nitrogens is 2. The summed E-state index contributed by atoms with van der Waals surface area (Å²) in [7, 11) is 1.95. The van der Waals surface area contributed by atoms with Gasteiger partial charge in [0.1, 0.15) is 0 Å². The van der Waals surface area contributed by atoms with Crippen LogP contribution in [0.3, 0.4) is 0 Å².